The van der Waals surface area contributed by atoms with Gasteiger partial charge in [-0.1, -0.05) is 18.2 Å². The number of aromatic nitrogens is 1. The lowest BCUT2D eigenvalue weighted by Gasteiger charge is -2.34. The van der Waals surface area contributed by atoms with Crippen molar-refractivity contribution in [2.45, 2.75) is 19.9 Å². The highest BCUT2D eigenvalue weighted by Crippen LogP contribution is 2.12. The first-order valence-electron chi connectivity index (χ1n) is 8.86. The molecule has 6 nitrogen and oxygen atoms in total. The third-order valence-corrected chi connectivity index (χ3v) is 5.26. The van der Waals surface area contributed by atoms with E-state index in [0.29, 0.717) is 18.5 Å². The lowest BCUT2D eigenvalue weighted by atomic mass is 10.2. The van der Waals surface area contributed by atoms with Gasteiger partial charge in [0.05, 0.1) is 10.7 Å². The number of hydrogen-bond donors (Lipinski definition) is 1. The van der Waals surface area contributed by atoms with E-state index in [2.05, 4.69) is 20.6 Å². The number of aryl methyl sites for hydroxylation is 1. The molecule has 26 heavy (non-hydrogen) atoms. The number of amides is 2. The lowest BCUT2D eigenvalue weighted by molar-refractivity contribution is -0.132. The van der Waals surface area contributed by atoms with E-state index in [1.54, 1.807) is 23.5 Å². The molecule has 1 aliphatic heterocycles. The minimum Gasteiger partial charge on any atom is -0.352 e. The van der Waals surface area contributed by atoms with Gasteiger partial charge in [0.15, 0.2) is 0 Å². The molecule has 1 N–H and O–H groups in total. The number of hydrogen-bond acceptors (Lipinski definition) is 5. The maximum Gasteiger partial charge on any atom is 0.251 e. The Morgan fingerprint density at radius 2 is 1.88 bits per heavy atom. The lowest BCUT2D eigenvalue weighted by Crippen LogP contribution is -2.48. The van der Waals surface area contributed by atoms with Gasteiger partial charge in [0, 0.05) is 56.6 Å². The summed E-state index contributed by atoms with van der Waals surface area (Å²) >= 11 is 1.67. The number of nitrogens with one attached hydrogen (secondary N) is 1. The van der Waals surface area contributed by atoms with Gasteiger partial charge in [-0.25, -0.2) is 4.98 Å². The minimum atomic E-state index is -0.137. The van der Waals surface area contributed by atoms with Crippen molar-refractivity contribution in [2.75, 3.05) is 32.7 Å². The van der Waals surface area contributed by atoms with Gasteiger partial charge in [0.25, 0.3) is 5.91 Å². The van der Waals surface area contributed by atoms with Gasteiger partial charge in [-0.05, 0) is 19.1 Å². The first-order valence-corrected chi connectivity index (χ1v) is 9.74. The van der Waals surface area contributed by atoms with Crippen LogP contribution in [0.5, 0.6) is 0 Å². The predicted octanol–water partition coefficient (Wildman–Crippen LogP) is 1.92. The van der Waals surface area contributed by atoms with E-state index in [0.717, 1.165) is 43.4 Å². The highest BCUT2D eigenvalue weighted by Gasteiger charge is 2.21. The number of nitrogens with zero attached hydrogens (tertiary/aromatic N) is 3. The third-order valence-electron chi connectivity index (χ3n) is 4.44. The number of rotatable bonds is 6. The summed E-state index contributed by atoms with van der Waals surface area (Å²) in [6, 6.07) is 9.05. The molecule has 2 amide bonds. The first kappa shape index (κ1) is 18.5. The van der Waals surface area contributed by atoms with E-state index in [1.165, 1.54) is 0 Å². The number of thiazole rings is 1. The van der Waals surface area contributed by atoms with Crippen LogP contribution in [0.25, 0.3) is 0 Å². The van der Waals surface area contributed by atoms with Crippen molar-refractivity contribution in [3.8, 4) is 0 Å². The van der Waals surface area contributed by atoms with Crippen molar-refractivity contribution in [1.82, 2.24) is 20.1 Å². The molecule has 0 aliphatic carbocycles. The Morgan fingerprint density at radius 3 is 2.54 bits per heavy atom. The van der Waals surface area contributed by atoms with Gasteiger partial charge in [-0.2, -0.15) is 0 Å². The molecule has 0 bridgehead atoms. The number of carbonyl (C=O) groups is 2. The molecule has 0 spiro atoms. The average Bonchev–Trinajstić information content (AvgIpc) is 3.07. The van der Waals surface area contributed by atoms with Crippen LogP contribution in [0.1, 0.15) is 27.5 Å². The molecule has 0 atom stereocenters. The summed E-state index contributed by atoms with van der Waals surface area (Å²) in [5.74, 6) is -0.0377. The molecular formula is C19H24N4O2S. The van der Waals surface area contributed by atoms with Crippen LogP contribution in [0, 0.1) is 6.92 Å². The van der Waals surface area contributed by atoms with Gasteiger partial charge in [0.2, 0.25) is 5.91 Å². The van der Waals surface area contributed by atoms with E-state index in [9.17, 15) is 9.59 Å². The van der Waals surface area contributed by atoms with Gasteiger partial charge in [-0.15, -0.1) is 11.3 Å². The van der Waals surface area contributed by atoms with E-state index in [1.807, 2.05) is 30.0 Å². The Balaban J connectivity index is 1.36. The van der Waals surface area contributed by atoms with Crippen LogP contribution in [-0.4, -0.2) is 59.3 Å². The molecule has 3 rings (SSSR count). The summed E-state index contributed by atoms with van der Waals surface area (Å²) in [6.45, 7) is 6.41. The fourth-order valence-corrected chi connectivity index (χ4v) is 3.60. The van der Waals surface area contributed by atoms with Crippen LogP contribution in [0.15, 0.2) is 35.7 Å². The monoisotopic (exact) mass is 372 g/mol. The standard InChI is InChI=1S/C19H24N4O2S/c1-15-21-17(14-26-15)13-22-9-11-23(12-10-22)18(24)7-8-20-19(25)16-5-3-2-4-6-16/h2-6,14H,7-13H2,1H3,(H,20,25). The topological polar surface area (TPSA) is 65.5 Å². The number of carbonyl (C=O) groups excluding carboxylic acids is 2. The summed E-state index contributed by atoms with van der Waals surface area (Å²) < 4.78 is 0. The smallest absolute Gasteiger partial charge is 0.251 e. The molecule has 0 radical (unpaired) electrons. The van der Waals surface area contributed by atoms with Crippen LogP contribution in [0.2, 0.25) is 0 Å². The molecule has 0 unspecified atom stereocenters. The minimum absolute atomic E-state index is 0.0996. The third kappa shape index (κ3) is 5.12. The quantitative estimate of drug-likeness (QED) is 0.841. The zero-order chi connectivity index (χ0) is 18.4. The summed E-state index contributed by atoms with van der Waals surface area (Å²) in [5, 5.41) is 6.00. The second-order valence-electron chi connectivity index (χ2n) is 6.39. The van der Waals surface area contributed by atoms with Crippen molar-refractivity contribution in [2.24, 2.45) is 0 Å². The Bertz CT molecular complexity index is 739. The Labute approximate surface area is 157 Å². The van der Waals surface area contributed by atoms with Crippen molar-refractivity contribution >= 4 is 23.2 Å². The van der Waals surface area contributed by atoms with Crippen molar-refractivity contribution < 1.29 is 9.59 Å². The molecule has 7 heteroatoms. The Kier molecular flexibility index (Phi) is 6.35. The Morgan fingerprint density at radius 1 is 1.15 bits per heavy atom. The second-order valence-corrected chi connectivity index (χ2v) is 7.45. The second kappa shape index (κ2) is 8.91. The van der Waals surface area contributed by atoms with Gasteiger partial charge in [-0.3, -0.25) is 14.5 Å². The first-order chi connectivity index (χ1) is 12.6. The Hall–Kier alpha value is -2.25. The van der Waals surface area contributed by atoms with Crippen molar-refractivity contribution in [1.29, 1.82) is 0 Å². The summed E-state index contributed by atoms with van der Waals surface area (Å²) in [4.78, 5) is 33.0. The molecule has 0 saturated carbocycles. The SMILES string of the molecule is Cc1nc(CN2CCN(C(=O)CCNC(=O)c3ccccc3)CC2)cs1. The molecule has 1 aromatic heterocycles. The van der Waals surface area contributed by atoms with Gasteiger partial charge < -0.3 is 10.2 Å². The predicted molar refractivity (Wildman–Crippen MR) is 102 cm³/mol. The van der Waals surface area contributed by atoms with Gasteiger partial charge >= 0.3 is 0 Å². The van der Waals surface area contributed by atoms with E-state index in [4.69, 9.17) is 0 Å². The summed E-state index contributed by atoms with van der Waals surface area (Å²) in [7, 11) is 0. The molecule has 1 aromatic carbocycles. The van der Waals surface area contributed by atoms with Crippen LogP contribution in [0.3, 0.4) is 0 Å². The van der Waals surface area contributed by atoms with E-state index in [-0.39, 0.29) is 11.8 Å². The van der Waals surface area contributed by atoms with Crippen molar-refractivity contribution in [3.63, 3.8) is 0 Å². The zero-order valence-corrected chi connectivity index (χ0v) is 15.8. The highest BCUT2D eigenvalue weighted by molar-refractivity contribution is 7.09. The van der Waals surface area contributed by atoms with Crippen molar-refractivity contribution in [3.05, 3.63) is 52.0 Å². The fraction of sp³-hybridized carbons (Fsp3) is 0.421. The van der Waals surface area contributed by atoms with Gasteiger partial charge in [0.1, 0.15) is 0 Å². The zero-order valence-electron chi connectivity index (χ0n) is 15.0. The molecule has 2 heterocycles. The average molecular weight is 372 g/mol. The molecule has 138 valence electrons. The summed E-state index contributed by atoms with van der Waals surface area (Å²) in [5.41, 5.74) is 1.72. The van der Waals surface area contributed by atoms with E-state index >= 15 is 0 Å². The molecule has 2 aromatic rings. The highest BCUT2D eigenvalue weighted by atomic mass is 32.1. The van der Waals surface area contributed by atoms with Crippen LogP contribution in [-0.2, 0) is 11.3 Å². The molecule has 1 fully saturated rings. The normalized spacial score (nSPS) is 15.0. The number of piperazine rings is 1. The fourth-order valence-electron chi connectivity index (χ4n) is 3.00. The van der Waals surface area contributed by atoms with Crippen LogP contribution >= 0.6 is 11.3 Å². The maximum absolute atomic E-state index is 12.3. The number of benzene rings is 1. The molecule has 1 saturated heterocycles. The largest absolute Gasteiger partial charge is 0.352 e. The molecule has 1 aliphatic rings. The maximum atomic E-state index is 12.3. The summed E-state index contributed by atoms with van der Waals surface area (Å²) in [6.07, 6.45) is 0.337. The molecular weight excluding hydrogens is 348 g/mol. The van der Waals surface area contributed by atoms with Crippen LogP contribution < -0.4 is 5.32 Å². The van der Waals surface area contributed by atoms with Crippen LogP contribution in [0.4, 0.5) is 0 Å². The van der Waals surface area contributed by atoms with E-state index < -0.39 is 0 Å².